The number of carbonyl (C=O) groups excluding carboxylic acids is 1. The number of fused-ring (bicyclic) bond motifs is 1. The number of aromatic nitrogens is 4. The monoisotopic (exact) mass is 477 g/mol. The van der Waals surface area contributed by atoms with Gasteiger partial charge in [0.2, 0.25) is 0 Å². The Morgan fingerprint density at radius 2 is 2.19 bits per heavy atom. The van der Waals surface area contributed by atoms with Gasteiger partial charge in [-0.2, -0.15) is 0 Å². The normalized spacial score (nSPS) is 23.2. The lowest BCUT2D eigenvalue weighted by Gasteiger charge is -2.18. The molecule has 2 aromatic rings. The van der Waals surface area contributed by atoms with Crippen LogP contribution in [-0.4, -0.2) is 67.0 Å². The van der Waals surface area contributed by atoms with Crippen LogP contribution in [0.15, 0.2) is 12.7 Å². The van der Waals surface area contributed by atoms with E-state index in [4.69, 9.17) is 24.5 Å². The van der Waals surface area contributed by atoms with E-state index in [0.29, 0.717) is 22.5 Å². The molecule has 0 aliphatic carbocycles. The van der Waals surface area contributed by atoms with Gasteiger partial charge in [-0.05, 0) is 5.92 Å². The number of nitrogens with zero attached hydrogens (tertiary/aromatic N) is 4. The van der Waals surface area contributed by atoms with Crippen LogP contribution in [0.1, 0.15) is 26.5 Å². The number of hydrogen-bond donors (Lipinski definition) is 3. The van der Waals surface area contributed by atoms with Crippen molar-refractivity contribution in [3.63, 3.8) is 0 Å². The molecular weight excluding hydrogens is 453 g/mol. The highest BCUT2D eigenvalue weighted by Gasteiger charge is 2.37. The topological polar surface area (TPSA) is 181 Å². The fourth-order valence-electron chi connectivity index (χ4n) is 2.74. The van der Waals surface area contributed by atoms with Crippen molar-refractivity contribution in [1.82, 2.24) is 19.5 Å². The zero-order chi connectivity index (χ0) is 22.6. The molecule has 1 aliphatic heterocycles. The molecule has 4 N–H and O–H groups in total. The van der Waals surface area contributed by atoms with Crippen molar-refractivity contribution in [2.75, 3.05) is 24.9 Å². The van der Waals surface area contributed by atoms with Gasteiger partial charge in [0.15, 0.2) is 17.4 Å². The average molecular weight is 477 g/mol. The van der Waals surface area contributed by atoms with Crippen LogP contribution in [0.5, 0.6) is 0 Å². The Labute approximate surface area is 181 Å². The van der Waals surface area contributed by atoms with Gasteiger partial charge in [0.1, 0.15) is 24.2 Å². The van der Waals surface area contributed by atoms with Crippen molar-refractivity contribution in [2.45, 2.75) is 38.7 Å². The van der Waals surface area contributed by atoms with Crippen molar-refractivity contribution in [2.24, 2.45) is 5.92 Å². The fraction of sp³-hybridized carbons (Fsp3) is 0.625. The molecule has 1 fully saturated rings. The van der Waals surface area contributed by atoms with E-state index in [1.165, 1.54) is 12.7 Å². The van der Waals surface area contributed by atoms with Crippen molar-refractivity contribution < 1.29 is 38.1 Å². The number of carbonyl (C=O) groups is 1. The quantitative estimate of drug-likeness (QED) is 0.270. The fourth-order valence-corrected chi connectivity index (χ4v) is 4.39. The number of aliphatic hydroxyl groups excluding tert-OH is 1. The summed E-state index contributed by atoms with van der Waals surface area (Å²) in [6, 6.07) is 0. The molecule has 4 atom stereocenters. The smallest absolute Gasteiger partial charge is 0.434 e. The standard InChI is InChI=1S/C16H24N5O8PS/c1-9(2)4-26-16(23)27-8-31-30(24,25)28-5-11-10(22)3-12(29-11)21-7-20-13-14(17)18-6-19-15(13)21/h6-7,9-12,22H,3-5,8H2,1-2H3,(H,24,25)(H2,17,18,19)/t10-,11?,12+/m0/s1. The van der Waals surface area contributed by atoms with Crippen LogP contribution in [0.25, 0.3) is 11.2 Å². The molecule has 172 valence electrons. The highest BCUT2D eigenvalue weighted by Crippen LogP contribution is 2.56. The van der Waals surface area contributed by atoms with E-state index in [2.05, 4.69) is 15.0 Å². The Morgan fingerprint density at radius 1 is 1.42 bits per heavy atom. The van der Waals surface area contributed by atoms with Crippen LogP contribution in [0.3, 0.4) is 0 Å². The number of anilines is 1. The molecule has 0 bridgehead atoms. The molecule has 1 saturated heterocycles. The maximum absolute atomic E-state index is 12.1. The summed E-state index contributed by atoms with van der Waals surface area (Å²) in [6.07, 6.45) is -0.408. The third kappa shape index (κ3) is 6.28. The molecule has 2 aromatic heterocycles. The molecule has 0 amide bonds. The minimum Gasteiger partial charge on any atom is -0.434 e. The van der Waals surface area contributed by atoms with Crippen LogP contribution in [0, 0.1) is 5.92 Å². The van der Waals surface area contributed by atoms with E-state index >= 15 is 0 Å². The number of nitrogens with two attached hydrogens (primary N) is 1. The molecule has 0 saturated carbocycles. The van der Waals surface area contributed by atoms with Crippen LogP contribution in [-0.2, 0) is 23.3 Å². The molecule has 3 heterocycles. The van der Waals surface area contributed by atoms with Gasteiger partial charge in [0, 0.05) is 17.8 Å². The highest BCUT2D eigenvalue weighted by molar-refractivity contribution is 8.54. The van der Waals surface area contributed by atoms with Gasteiger partial charge in [-0.1, -0.05) is 13.8 Å². The maximum atomic E-state index is 12.1. The van der Waals surface area contributed by atoms with Gasteiger partial charge in [-0.15, -0.1) is 0 Å². The van der Waals surface area contributed by atoms with E-state index in [1.807, 2.05) is 13.8 Å². The Morgan fingerprint density at radius 3 is 2.94 bits per heavy atom. The number of aliphatic hydroxyl groups is 1. The zero-order valence-electron chi connectivity index (χ0n) is 16.9. The van der Waals surface area contributed by atoms with E-state index < -0.39 is 37.3 Å². The summed E-state index contributed by atoms with van der Waals surface area (Å²) in [5.41, 5.74) is 6.62. The lowest BCUT2D eigenvalue weighted by Crippen LogP contribution is -2.25. The first kappa shape index (κ1) is 23.7. The minimum absolute atomic E-state index is 0.138. The van der Waals surface area contributed by atoms with Crippen molar-refractivity contribution in [3.05, 3.63) is 12.7 Å². The largest absolute Gasteiger partial charge is 0.509 e. The highest BCUT2D eigenvalue weighted by atomic mass is 32.7. The first-order valence-corrected chi connectivity index (χ1v) is 12.5. The third-order valence-electron chi connectivity index (χ3n) is 4.23. The van der Waals surface area contributed by atoms with E-state index in [1.54, 1.807) is 4.57 Å². The number of rotatable bonds is 9. The van der Waals surface area contributed by atoms with Gasteiger partial charge in [0.05, 0.1) is 25.6 Å². The maximum Gasteiger partial charge on any atom is 0.509 e. The summed E-state index contributed by atoms with van der Waals surface area (Å²) >= 11 is 0.411. The molecular formula is C16H24N5O8PS. The zero-order valence-corrected chi connectivity index (χ0v) is 18.6. The first-order chi connectivity index (χ1) is 14.7. The van der Waals surface area contributed by atoms with Crippen molar-refractivity contribution in [1.29, 1.82) is 0 Å². The van der Waals surface area contributed by atoms with E-state index in [-0.39, 0.29) is 31.4 Å². The van der Waals surface area contributed by atoms with Gasteiger partial charge >= 0.3 is 13.0 Å². The summed E-state index contributed by atoms with van der Waals surface area (Å²) < 4.78 is 34.0. The Hall–Kier alpha value is -1.96. The lowest BCUT2D eigenvalue weighted by molar-refractivity contribution is -0.0388. The third-order valence-corrected chi connectivity index (χ3v) is 6.87. The van der Waals surface area contributed by atoms with Gasteiger partial charge in [-0.3, -0.25) is 9.09 Å². The molecule has 0 aromatic carbocycles. The first-order valence-electron chi connectivity index (χ1n) is 9.34. The molecule has 1 aliphatic rings. The van der Waals surface area contributed by atoms with Gasteiger partial charge in [0.25, 0.3) is 0 Å². The number of hydrogen-bond acceptors (Lipinski definition) is 12. The van der Waals surface area contributed by atoms with Crippen molar-refractivity contribution >= 4 is 41.3 Å². The van der Waals surface area contributed by atoms with Gasteiger partial charge < -0.3 is 29.9 Å². The molecule has 0 radical (unpaired) electrons. The molecule has 15 heteroatoms. The second-order valence-corrected chi connectivity index (χ2v) is 11.0. The Kier molecular flexibility index (Phi) is 7.73. The number of ether oxygens (including phenoxy) is 3. The summed E-state index contributed by atoms with van der Waals surface area (Å²) in [5.74, 6) is -0.0706. The summed E-state index contributed by atoms with van der Waals surface area (Å²) in [4.78, 5) is 33.4. The molecule has 31 heavy (non-hydrogen) atoms. The molecule has 3 rings (SSSR count). The SMILES string of the molecule is CC(C)COC(=O)OCSP(=O)(O)OCC1O[C@@H](n2cnc3c(N)ncnc32)C[C@@H]1O. The predicted octanol–water partition coefficient (Wildman–Crippen LogP) is 1.67. The summed E-state index contributed by atoms with van der Waals surface area (Å²) in [7, 11) is 0. The predicted molar refractivity (Wildman–Crippen MR) is 110 cm³/mol. The summed E-state index contributed by atoms with van der Waals surface area (Å²) in [5, 5.41) is 10.3. The van der Waals surface area contributed by atoms with E-state index in [0.717, 1.165) is 0 Å². The molecule has 0 spiro atoms. The van der Waals surface area contributed by atoms with Crippen LogP contribution in [0.2, 0.25) is 0 Å². The minimum atomic E-state index is -4.15. The van der Waals surface area contributed by atoms with Crippen LogP contribution < -0.4 is 5.73 Å². The molecule has 2 unspecified atom stereocenters. The number of nitrogen functional groups attached to an aromatic ring is 1. The lowest BCUT2D eigenvalue weighted by atomic mass is 10.2. The second-order valence-electron chi connectivity index (χ2n) is 7.13. The molecule has 13 nitrogen and oxygen atoms in total. The van der Waals surface area contributed by atoms with Gasteiger partial charge in [-0.25, -0.2) is 24.3 Å². The van der Waals surface area contributed by atoms with E-state index in [9.17, 15) is 19.4 Å². The van der Waals surface area contributed by atoms with Crippen LogP contribution in [0.4, 0.5) is 10.6 Å². The second kappa shape index (κ2) is 10.1. The number of imidazole rings is 1. The Bertz CT molecular complexity index is 959. The van der Waals surface area contributed by atoms with Crippen molar-refractivity contribution in [3.8, 4) is 0 Å². The van der Waals surface area contributed by atoms with Crippen LogP contribution >= 0.6 is 18.2 Å². The average Bonchev–Trinajstić information content (AvgIpc) is 3.29. The summed E-state index contributed by atoms with van der Waals surface area (Å²) in [6.45, 7) is -0.599. The Balaban J connectivity index is 1.48.